The zero-order chi connectivity index (χ0) is 10.0. The zero-order valence-corrected chi connectivity index (χ0v) is 8.30. The van der Waals surface area contributed by atoms with Gasteiger partial charge in [-0.15, -0.1) is 0 Å². The summed E-state index contributed by atoms with van der Waals surface area (Å²) in [6, 6.07) is 5.23. The number of carbonyl (C=O) groups is 1. The fourth-order valence-electron chi connectivity index (χ4n) is 1.13. The molecule has 0 saturated carbocycles. The van der Waals surface area contributed by atoms with Crippen LogP contribution < -0.4 is 10.6 Å². The van der Waals surface area contributed by atoms with Gasteiger partial charge in [-0.25, -0.2) is 0 Å². The molecule has 4 heteroatoms. The van der Waals surface area contributed by atoms with E-state index in [4.69, 9.17) is 17.3 Å². The Balaban J connectivity index is 3.34. The average Bonchev–Trinajstić information content (AvgIpc) is 2.02. The van der Waals surface area contributed by atoms with E-state index >= 15 is 0 Å². The average molecular weight is 199 g/mol. The van der Waals surface area contributed by atoms with Gasteiger partial charge in [0.05, 0.1) is 16.3 Å². The first kappa shape index (κ1) is 9.86. The summed E-state index contributed by atoms with van der Waals surface area (Å²) >= 11 is 5.84. The Morgan fingerprint density at radius 1 is 1.46 bits per heavy atom. The lowest BCUT2D eigenvalue weighted by Crippen LogP contribution is -2.18. The van der Waals surface area contributed by atoms with Crippen molar-refractivity contribution in [3.63, 3.8) is 0 Å². The van der Waals surface area contributed by atoms with E-state index in [1.54, 1.807) is 23.1 Å². The van der Waals surface area contributed by atoms with Crippen molar-refractivity contribution in [2.75, 3.05) is 19.0 Å². The maximum Gasteiger partial charge on any atom is 0.252 e. The molecule has 0 radical (unpaired) electrons. The molecule has 1 aromatic carbocycles. The van der Waals surface area contributed by atoms with Crippen LogP contribution in [0.4, 0.5) is 5.69 Å². The number of halogens is 1. The summed E-state index contributed by atoms with van der Waals surface area (Å²) in [4.78, 5) is 12.9. The van der Waals surface area contributed by atoms with Gasteiger partial charge >= 0.3 is 0 Å². The number of rotatable bonds is 2. The van der Waals surface area contributed by atoms with Gasteiger partial charge in [-0.2, -0.15) is 0 Å². The van der Waals surface area contributed by atoms with E-state index in [0.29, 0.717) is 10.6 Å². The number of primary amides is 1. The van der Waals surface area contributed by atoms with Crippen molar-refractivity contribution in [2.24, 2.45) is 5.73 Å². The lowest BCUT2D eigenvalue weighted by Gasteiger charge is -2.16. The normalized spacial score (nSPS) is 9.77. The van der Waals surface area contributed by atoms with Crippen LogP contribution in [-0.2, 0) is 0 Å². The molecule has 0 atom stereocenters. The highest BCUT2D eigenvalue weighted by molar-refractivity contribution is 6.34. The third-order valence-electron chi connectivity index (χ3n) is 1.72. The molecular weight excluding hydrogens is 188 g/mol. The van der Waals surface area contributed by atoms with Crippen LogP contribution in [0, 0.1) is 0 Å². The van der Waals surface area contributed by atoms with Crippen molar-refractivity contribution < 1.29 is 4.79 Å². The SMILES string of the molecule is CN(C)c1cccc(Cl)c1C(N)=O. The molecule has 3 nitrogen and oxygen atoms in total. The third-order valence-corrected chi connectivity index (χ3v) is 2.03. The Bertz CT molecular complexity index is 336. The highest BCUT2D eigenvalue weighted by atomic mass is 35.5. The van der Waals surface area contributed by atoms with Crippen molar-refractivity contribution in [3.05, 3.63) is 28.8 Å². The van der Waals surface area contributed by atoms with E-state index in [1.165, 1.54) is 0 Å². The summed E-state index contributed by atoms with van der Waals surface area (Å²) in [6.07, 6.45) is 0. The molecule has 0 unspecified atom stereocenters. The summed E-state index contributed by atoms with van der Waals surface area (Å²) in [7, 11) is 3.66. The Morgan fingerprint density at radius 2 is 2.08 bits per heavy atom. The maximum atomic E-state index is 11.1. The van der Waals surface area contributed by atoms with Crippen LogP contribution in [0.25, 0.3) is 0 Å². The molecular formula is C9H11ClN2O. The highest BCUT2D eigenvalue weighted by Gasteiger charge is 2.12. The number of nitrogens with two attached hydrogens (primary N) is 1. The van der Waals surface area contributed by atoms with Crippen molar-refractivity contribution in [2.45, 2.75) is 0 Å². The maximum absolute atomic E-state index is 11.1. The fourth-order valence-corrected chi connectivity index (χ4v) is 1.39. The third kappa shape index (κ3) is 1.92. The smallest absolute Gasteiger partial charge is 0.252 e. The van der Waals surface area contributed by atoms with Crippen LogP contribution in [0.1, 0.15) is 10.4 Å². The minimum atomic E-state index is -0.505. The number of amides is 1. The molecule has 1 rings (SSSR count). The molecule has 0 saturated heterocycles. The Hall–Kier alpha value is -1.22. The van der Waals surface area contributed by atoms with E-state index in [0.717, 1.165) is 5.69 Å². The second-order valence-electron chi connectivity index (χ2n) is 2.89. The molecule has 0 fully saturated rings. The number of hydrogen-bond acceptors (Lipinski definition) is 2. The first-order valence-corrected chi connectivity index (χ1v) is 4.17. The summed E-state index contributed by atoms with van der Waals surface area (Å²) in [5.41, 5.74) is 6.31. The van der Waals surface area contributed by atoms with Gasteiger partial charge in [-0.05, 0) is 12.1 Å². The summed E-state index contributed by atoms with van der Waals surface area (Å²) in [6.45, 7) is 0. The summed E-state index contributed by atoms with van der Waals surface area (Å²) < 4.78 is 0. The Morgan fingerprint density at radius 3 is 2.46 bits per heavy atom. The fraction of sp³-hybridized carbons (Fsp3) is 0.222. The van der Waals surface area contributed by atoms with Crippen molar-refractivity contribution >= 4 is 23.2 Å². The lowest BCUT2D eigenvalue weighted by atomic mass is 10.1. The molecule has 0 bridgehead atoms. The lowest BCUT2D eigenvalue weighted by molar-refractivity contribution is 0.100. The first-order chi connectivity index (χ1) is 6.04. The molecule has 0 aliphatic heterocycles. The van der Waals surface area contributed by atoms with Crippen LogP contribution in [0.3, 0.4) is 0 Å². The first-order valence-electron chi connectivity index (χ1n) is 3.79. The van der Waals surface area contributed by atoms with Gasteiger partial charge in [-0.3, -0.25) is 4.79 Å². The van der Waals surface area contributed by atoms with E-state index in [1.807, 2.05) is 14.1 Å². The molecule has 2 N–H and O–H groups in total. The molecule has 0 heterocycles. The van der Waals surface area contributed by atoms with Crippen LogP contribution in [0.15, 0.2) is 18.2 Å². The number of hydrogen-bond donors (Lipinski definition) is 1. The van der Waals surface area contributed by atoms with Gasteiger partial charge in [0, 0.05) is 14.1 Å². The molecule has 0 aliphatic carbocycles. The minimum absolute atomic E-state index is 0.370. The highest BCUT2D eigenvalue weighted by Crippen LogP contribution is 2.25. The van der Waals surface area contributed by atoms with Crippen molar-refractivity contribution in [3.8, 4) is 0 Å². The summed E-state index contributed by atoms with van der Waals surface area (Å²) in [5, 5.41) is 0.388. The monoisotopic (exact) mass is 198 g/mol. The van der Waals surface area contributed by atoms with Gasteiger partial charge in [0.1, 0.15) is 0 Å². The van der Waals surface area contributed by atoms with Crippen LogP contribution in [0.2, 0.25) is 5.02 Å². The minimum Gasteiger partial charge on any atom is -0.377 e. The van der Waals surface area contributed by atoms with Crippen molar-refractivity contribution in [1.29, 1.82) is 0 Å². The Kier molecular flexibility index (Phi) is 2.78. The van der Waals surface area contributed by atoms with Crippen LogP contribution in [-0.4, -0.2) is 20.0 Å². The van der Waals surface area contributed by atoms with E-state index in [2.05, 4.69) is 0 Å². The van der Waals surface area contributed by atoms with Gasteiger partial charge in [0.25, 0.3) is 5.91 Å². The topological polar surface area (TPSA) is 46.3 Å². The van der Waals surface area contributed by atoms with Crippen LogP contribution >= 0.6 is 11.6 Å². The second kappa shape index (κ2) is 3.66. The van der Waals surface area contributed by atoms with Gasteiger partial charge in [-0.1, -0.05) is 17.7 Å². The molecule has 1 amide bonds. The Labute approximate surface area is 82.1 Å². The number of carbonyl (C=O) groups excluding carboxylic acids is 1. The standard InChI is InChI=1S/C9H11ClN2O/c1-12(2)7-5-3-4-6(10)8(7)9(11)13/h3-5H,1-2H3,(H2,11,13). The van der Waals surface area contributed by atoms with Gasteiger partial charge in [0.2, 0.25) is 0 Å². The number of nitrogens with zero attached hydrogens (tertiary/aromatic N) is 1. The second-order valence-corrected chi connectivity index (χ2v) is 3.30. The predicted octanol–water partition coefficient (Wildman–Crippen LogP) is 1.50. The molecule has 1 aromatic rings. The molecule has 0 aromatic heterocycles. The number of anilines is 1. The quantitative estimate of drug-likeness (QED) is 0.783. The summed E-state index contributed by atoms with van der Waals surface area (Å²) in [5.74, 6) is -0.505. The van der Waals surface area contributed by atoms with Gasteiger partial charge in [0.15, 0.2) is 0 Å². The van der Waals surface area contributed by atoms with Gasteiger partial charge < -0.3 is 10.6 Å². The largest absolute Gasteiger partial charge is 0.377 e. The molecule has 0 aliphatic rings. The van der Waals surface area contributed by atoms with Crippen molar-refractivity contribution in [1.82, 2.24) is 0 Å². The number of benzene rings is 1. The predicted molar refractivity (Wildman–Crippen MR) is 54.3 cm³/mol. The van der Waals surface area contributed by atoms with E-state index < -0.39 is 5.91 Å². The molecule has 13 heavy (non-hydrogen) atoms. The zero-order valence-electron chi connectivity index (χ0n) is 7.54. The van der Waals surface area contributed by atoms with E-state index in [9.17, 15) is 4.79 Å². The molecule has 0 spiro atoms. The molecule has 70 valence electrons. The van der Waals surface area contributed by atoms with Crippen LogP contribution in [0.5, 0.6) is 0 Å². The van der Waals surface area contributed by atoms with E-state index in [-0.39, 0.29) is 0 Å².